The van der Waals surface area contributed by atoms with E-state index in [2.05, 4.69) is 62.8 Å². The highest BCUT2D eigenvalue weighted by atomic mass is 15.1. The summed E-state index contributed by atoms with van der Waals surface area (Å²) < 4.78 is 2.19. The molecule has 0 bridgehead atoms. The van der Waals surface area contributed by atoms with Gasteiger partial charge in [-0.1, -0.05) is 32.9 Å². The van der Waals surface area contributed by atoms with Crippen LogP contribution in [0.3, 0.4) is 0 Å². The van der Waals surface area contributed by atoms with Crippen LogP contribution in [0.1, 0.15) is 46.0 Å². The summed E-state index contributed by atoms with van der Waals surface area (Å²) in [5.41, 5.74) is 2.60. The number of aryl methyl sites for hydroxylation is 1. The lowest BCUT2D eigenvalue weighted by atomic mass is 9.90. The molecule has 0 spiro atoms. The summed E-state index contributed by atoms with van der Waals surface area (Å²) in [5.74, 6) is 1.10. The van der Waals surface area contributed by atoms with Crippen molar-refractivity contribution in [3.8, 4) is 0 Å². The highest BCUT2D eigenvalue weighted by Crippen LogP contribution is 2.22. The van der Waals surface area contributed by atoms with Crippen molar-refractivity contribution >= 4 is 11.0 Å². The number of hydrogen-bond acceptors (Lipinski definition) is 2. The smallest absolute Gasteiger partial charge is 0.126 e. The Morgan fingerprint density at radius 2 is 2.00 bits per heavy atom. The van der Waals surface area contributed by atoms with Gasteiger partial charge in [0.05, 0.1) is 17.1 Å². The van der Waals surface area contributed by atoms with Crippen molar-refractivity contribution in [2.45, 2.75) is 40.2 Å². The molecule has 0 aliphatic carbocycles. The zero-order valence-corrected chi connectivity index (χ0v) is 12.7. The van der Waals surface area contributed by atoms with Crippen LogP contribution in [-0.2, 0) is 7.05 Å². The molecule has 0 amide bonds. The second-order valence-corrected chi connectivity index (χ2v) is 6.14. The van der Waals surface area contributed by atoms with Gasteiger partial charge < -0.3 is 9.88 Å². The minimum atomic E-state index is 0.267. The molecule has 0 aliphatic heterocycles. The van der Waals surface area contributed by atoms with Crippen LogP contribution in [0.25, 0.3) is 11.0 Å². The Kier molecular flexibility index (Phi) is 3.95. The molecule has 104 valence electrons. The van der Waals surface area contributed by atoms with Gasteiger partial charge in [0.2, 0.25) is 0 Å². The second-order valence-electron chi connectivity index (χ2n) is 6.14. The summed E-state index contributed by atoms with van der Waals surface area (Å²) in [6.07, 6.45) is 1.18. The Balaban J connectivity index is 2.17. The van der Waals surface area contributed by atoms with Crippen molar-refractivity contribution in [2.24, 2.45) is 12.5 Å². The zero-order chi connectivity index (χ0) is 14.0. The molecular weight excluding hydrogens is 234 g/mol. The monoisotopic (exact) mass is 259 g/mol. The van der Waals surface area contributed by atoms with Crippen LogP contribution in [0.4, 0.5) is 0 Å². The molecule has 1 atom stereocenters. The number of imidazole rings is 1. The van der Waals surface area contributed by atoms with Crippen LogP contribution >= 0.6 is 0 Å². The summed E-state index contributed by atoms with van der Waals surface area (Å²) in [7, 11) is 2.09. The van der Waals surface area contributed by atoms with Gasteiger partial charge in [0.25, 0.3) is 0 Å². The molecule has 1 aromatic carbocycles. The molecule has 19 heavy (non-hydrogen) atoms. The molecule has 1 N–H and O–H groups in total. The Hall–Kier alpha value is -1.35. The lowest BCUT2D eigenvalue weighted by Crippen LogP contribution is -2.31. The molecule has 3 nitrogen and oxygen atoms in total. The van der Waals surface area contributed by atoms with Crippen LogP contribution in [0.2, 0.25) is 0 Å². The standard InChI is InChI=1S/C16H25N3/c1-6-16(3,4)11-17-12(2)15-18-13-9-7-8-10-14(13)19(15)5/h7-10,12,17H,6,11H2,1-5H3. The molecule has 0 saturated heterocycles. The SMILES string of the molecule is CCC(C)(C)CNC(C)c1nc2ccccc2n1C. The van der Waals surface area contributed by atoms with Gasteiger partial charge in [-0.15, -0.1) is 0 Å². The van der Waals surface area contributed by atoms with Gasteiger partial charge in [0.15, 0.2) is 0 Å². The summed E-state index contributed by atoms with van der Waals surface area (Å²) >= 11 is 0. The van der Waals surface area contributed by atoms with Crippen molar-refractivity contribution in [3.05, 3.63) is 30.1 Å². The van der Waals surface area contributed by atoms with Gasteiger partial charge in [0, 0.05) is 13.6 Å². The third-order valence-corrected chi connectivity index (χ3v) is 4.05. The number of nitrogens with one attached hydrogen (secondary N) is 1. The van der Waals surface area contributed by atoms with Crippen LogP contribution in [0, 0.1) is 5.41 Å². The number of rotatable bonds is 5. The van der Waals surface area contributed by atoms with Crippen LogP contribution < -0.4 is 5.32 Å². The second kappa shape index (κ2) is 5.33. The fourth-order valence-electron chi connectivity index (χ4n) is 2.20. The number of nitrogens with zero attached hydrogens (tertiary/aromatic N) is 2. The van der Waals surface area contributed by atoms with Crippen LogP contribution in [0.5, 0.6) is 0 Å². The first kappa shape index (κ1) is 14.1. The maximum absolute atomic E-state index is 4.74. The predicted octanol–water partition coefficient (Wildman–Crippen LogP) is 3.66. The van der Waals surface area contributed by atoms with E-state index in [0.29, 0.717) is 5.41 Å². The average molecular weight is 259 g/mol. The van der Waals surface area contributed by atoms with Gasteiger partial charge in [0.1, 0.15) is 5.82 Å². The summed E-state index contributed by atoms with van der Waals surface area (Å²) in [5, 5.41) is 3.61. The van der Waals surface area contributed by atoms with E-state index in [-0.39, 0.29) is 6.04 Å². The molecule has 3 heteroatoms. The van der Waals surface area contributed by atoms with E-state index in [1.165, 1.54) is 11.9 Å². The minimum Gasteiger partial charge on any atom is -0.330 e. The zero-order valence-electron chi connectivity index (χ0n) is 12.7. The predicted molar refractivity (Wildman–Crippen MR) is 81.2 cm³/mol. The Morgan fingerprint density at radius 3 is 2.63 bits per heavy atom. The van der Waals surface area contributed by atoms with E-state index in [1.807, 2.05) is 6.07 Å². The van der Waals surface area contributed by atoms with Crippen LogP contribution in [-0.4, -0.2) is 16.1 Å². The fourth-order valence-corrected chi connectivity index (χ4v) is 2.20. The van der Waals surface area contributed by atoms with Crippen molar-refractivity contribution in [1.82, 2.24) is 14.9 Å². The third-order valence-electron chi connectivity index (χ3n) is 4.05. The normalized spacial score (nSPS) is 13.9. The van der Waals surface area contributed by atoms with E-state index < -0.39 is 0 Å². The van der Waals surface area contributed by atoms with Crippen molar-refractivity contribution < 1.29 is 0 Å². The largest absolute Gasteiger partial charge is 0.330 e. The average Bonchev–Trinajstić information content (AvgIpc) is 2.74. The van der Waals surface area contributed by atoms with Gasteiger partial charge in [-0.05, 0) is 30.9 Å². The fraction of sp³-hybridized carbons (Fsp3) is 0.562. The van der Waals surface area contributed by atoms with Crippen molar-refractivity contribution in [3.63, 3.8) is 0 Å². The molecule has 0 aliphatic rings. The van der Waals surface area contributed by atoms with E-state index >= 15 is 0 Å². The highest BCUT2D eigenvalue weighted by Gasteiger charge is 2.19. The Bertz CT molecular complexity index is 554. The molecular formula is C16H25N3. The number of benzene rings is 1. The van der Waals surface area contributed by atoms with Gasteiger partial charge in [-0.2, -0.15) is 0 Å². The number of fused-ring (bicyclic) bond motifs is 1. The summed E-state index contributed by atoms with van der Waals surface area (Å²) in [6, 6.07) is 8.56. The van der Waals surface area contributed by atoms with E-state index in [9.17, 15) is 0 Å². The van der Waals surface area contributed by atoms with Gasteiger partial charge >= 0.3 is 0 Å². The van der Waals surface area contributed by atoms with Crippen molar-refractivity contribution in [2.75, 3.05) is 6.54 Å². The van der Waals surface area contributed by atoms with Gasteiger partial charge in [-0.3, -0.25) is 0 Å². The molecule has 2 aromatic rings. The minimum absolute atomic E-state index is 0.267. The summed E-state index contributed by atoms with van der Waals surface area (Å²) in [4.78, 5) is 4.74. The highest BCUT2D eigenvalue weighted by molar-refractivity contribution is 5.75. The Morgan fingerprint density at radius 1 is 1.32 bits per heavy atom. The topological polar surface area (TPSA) is 29.9 Å². The Labute approximate surface area is 116 Å². The first-order valence-electron chi connectivity index (χ1n) is 7.09. The first-order valence-corrected chi connectivity index (χ1v) is 7.09. The molecule has 0 fully saturated rings. The maximum Gasteiger partial charge on any atom is 0.126 e. The summed E-state index contributed by atoms with van der Waals surface area (Å²) in [6.45, 7) is 10.0. The lowest BCUT2D eigenvalue weighted by Gasteiger charge is -2.25. The molecule has 0 saturated carbocycles. The number of hydrogen-bond donors (Lipinski definition) is 1. The van der Waals surface area contributed by atoms with E-state index in [4.69, 9.17) is 4.98 Å². The first-order chi connectivity index (χ1) is 8.94. The molecule has 1 aromatic heterocycles. The molecule has 0 radical (unpaired) electrons. The molecule has 1 unspecified atom stereocenters. The number of para-hydroxylation sites is 2. The quantitative estimate of drug-likeness (QED) is 0.888. The van der Waals surface area contributed by atoms with Crippen LogP contribution in [0.15, 0.2) is 24.3 Å². The third kappa shape index (κ3) is 2.98. The van der Waals surface area contributed by atoms with Crippen molar-refractivity contribution in [1.29, 1.82) is 0 Å². The van der Waals surface area contributed by atoms with E-state index in [0.717, 1.165) is 17.9 Å². The molecule has 1 heterocycles. The maximum atomic E-state index is 4.74. The number of aromatic nitrogens is 2. The molecule has 2 rings (SSSR count). The van der Waals surface area contributed by atoms with Gasteiger partial charge in [-0.25, -0.2) is 4.98 Å². The van der Waals surface area contributed by atoms with E-state index in [1.54, 1.807) is 0 Å². The lowest BCUT2D eigenvalue weighted by molar-refractivity contribution is 0.310.